The topological polar surface area (TPSA) is 50.8 Å². The van der Waals surface area contributed by atoms with Gasteiger partial charge in [0, 0.05) is 25.8 Å². The van der Waals surface area contributed by atoms with Gasteiger partial charge < -0.3 is 19.7 Å². The molecule has 0 unspecified atom stereocenters. The molecule has 1 amide bonds. The van der Waals surface area contributed by atoms with Crippen LogP contribution in [0.3, 0.4) is 0 Å². The van der Waals surface area contributed by atoms with Crippen LogP contribution >= 0.6 is 0 Å². The molecule has 1 N–H and O–H groups in total. The van der Waals surface area contributed by atoms with Crippen LogP contribution in [0.15, 0.2) is 24.3 Å². The predicted octanol–water partition coefficient (Wildman–Crippen LogP) is 1.04. The van der Waals surface area contributed by atoms with Gasteiger partial charge in [0.25, 0.3) is 5.91 Å². The third-order valence-corrected chi connectivity index (χ3v) is 3.38. The van der Waals surface area contributed by atoms with E-state index in [1.807, 2.05) is 31.2 Å². The smallest absolute Gasteiger partial charge is 0.252 e. The Balaban J connectivity index is 1.90. The van der Waals surface area contributed by atoms with E-state index in [-0.39, 0.29) is 18.1 Å². The number of likely N-dealkylation sites (N-methyl/N-ethyl adjacent to an activating group) is 1. The third-order valence-electron chi connectivity index (χ3n) is 3.38. The lowest BCUT2D eigenvalue weighted by Gasteiger charge is -2.39. The minimum atomic E-state index is -0.198. The van der Waals surface area contributed by atoms with Crippen molar-refractivity contribution in [3.05, 3.63) is 24.3 Å². The fourth-order valence-electron chi connectivity index (χ4n) is 1.86. The van der Waals surface area contributed by atoms with Crippen molar-refractivity contribution in [1.29, 1.82) is 0 Å². The van der Waals surface area contributed by atoms with Crippen molar-refractivity contribution in [2.45, 2.75) is 12.5 Å². The second-order valence-corrected chi connectivity index (χ2v) is 4.99. The van der Waals surface area contributed by atoms with E-state index < -0.39 is 0 Å². The lowest BCUT2D eigenvalue weighted by molar-refractivity contribution is -0.133. The summed E-state index contributed by atoms with van der Waals surface area (Å²) >= 11 is 0. The third kappa shape index (κ3) is 3.24. The summed E-state index contributed by atoms with van der Waals surface area (Å²) in [5.41, 5.74) is 0.627. The van der Waals surface area contributed by atoms with Crippen LogP contribution in [-0.2, 0) is 9.53 Å². The van der Waals surface area contributed by atoms with E-state index in [4.69, 9.17) is 9.47 Å². The summed E-state index contributed by atoms with van der Waals surface area (Å²) < 4.78 is 10.7. The number of nitrogens with one attached hydrogen (secondary N) is 1. The van der Waals surface area contributed by atoms with E-state index in [9.17, 15) is 4.79 Å². The van der Waals surface area contributed by atoms with Gasteiger partial charge in [-0.15, -0.1) is 0 Å². The summed E-state index contributed by atoms with van der Waals surface area (Å²) in [6, 6.07) is 7.36. The van der Waals surface area contributed by atoms with Gasteiger partial charge in [0.15, 0.2) is 0 Å². The van der Waals surface area contributed by atoms with Crippen LogP contribution in [-0.4, -0.2) is 45.4 Å². The fraction of sp³-hybridized carbons (Fsp3) is 0.500. The highest BCUT2D eigenvalue weighted by molar-refractivity contribution is 5.93. The molecule has 1 saturated heterocycles. The maximum absolute atomic E-state index is 12.0. The number of hydrogen-bond donors (Lipinski definition) is 1. The van der Waals surface area contributed by atoms with Gasteiger partial charge in [0.1, 0.15) is 12.4 Å². The van der Waals surface area contributed by atoms with Gasteiger partial charge in [-0.3, -0.25) is 4.79 Å². The maximum atomic E-state index is 12.0. The van der Waals surface area contributed by atoms with E-state index in [2.05, 4.69) is 5.32 Å². The van der Waals surface area contributed by atoms with E-state index >= 15 is 0 Å². The molecular weight excluding hydrogens is 244 g/mol. The first-order valence-corrected chi connectivity index (χ1v) is 6.29. The molecule has 1 fully saturated rings. The molecule has 1 aromatic carbocycles. The van der Waals surface area contributed by atoms with Crippen molar-refractivity contribution in [1.82, 2.24) is 5.32 Å². The number of ether oxygens (including phenoxy) is 2. The van der Waals surface area contributed by atoms with Crippen LogP contribution < -0.4 is 15.0 Å². The molecule has 0 bridgehead atoms. The van der Waals surface area contributed by atoms with E-state index in [0.29, 0.717) is 0 Å². The van der Waals surface area contributed by atoms with Crippen LogP contribution in [0.4, 0.5) is 5.69 Å². The van der Waals surface area contributed by atoms with Crippen molar-refractivity contribution < 1.29 is 14.3 Å². The van der Waals surface area contributed by atoms with Gasteiger partial charge in [-0.2, -0.15) is 0 Å². The van der Waals surface area contributed by atoms with Crippen molar-refractivity contribution in [2.75, 3.05) is 38.8 Å². The highest BCUT2D eigenvalue weighted by Gasteiger charge is 2.33. The second-order valence-electron chi connectivity index (χ2n) is 4.99. The van der Waals surface area contributed by atoms with Gasteiger partial charge in [0.2, 0.25) is 0 Å². The summed E-state index contributed by atoms with van der Waals surface area (Å²) in [5, 5.41) is 3.14. The number of anilines is 1. The van der Waals surface area contributed by atoms with Crippen LogP contribution in [0.5, 0.6) is 5.75 Å². The number of benzene rings is 1. The highest BCUT2D eigenvalue weighted by atomic mass is 16.5. The standard InChI is InChI=1S/C14H20N2O3/c1-14(9-15-10-14)19-8-13(17)16(2)11-4-6-12(18-3)7-5-11/h4-7,15H,8-10H2,1-3H3. The Hall–Kier alpha value is -1.59. The molecule has 5 nitrogen and oxygen atoms in total. The first kappa shape index (κ1) is 13.8. The lowest BCUT2D eigenvalue weighted by Crippen LogP contribution is -2.59. The largest absolute Gasteiger partial charge is 0.497 e. The number of nitrogens with zero attached hydrogens (tertiary/aromatic N) is 1. The molecule has 1 aromatic rings. The SMILES string of the molecule is COc1ccc(N(C)C(=O)COC2(C)CNC2)cc1. The van der Waals surface area contributed by atoms with Gasteiger partial charge >= 0.3 is 0 Å². The Morgan fingerprint density at radius 1 is 1.37 bits per heavy atom. The van der Waals surface area contributed by atoms with Crippen LogP contribution in [0.25, 0.3) is 0 Å². The van der Waals surface area contributed by atoms with Crippen LogP contribution in [0, 0.1) is 0 Å². The molecule has 1 aliphatic rings. The summed E-state index contributed by atoms with van der Waals surface area (Å²) in [7, 11) is 3.36. The number of hydrogen-bond acceptors (Lipinski definition) is 4. The molecule has 0 atom stereocenters. The Kier molecular flexibility index (Phi) is 4.07. The monoisotopic (exact) mass is 264 g/mol. The van der Waals surface area contributed by atoms with Crippen molar-refractivity contribution in [3.63, 3.8) is 0 Å². The molecule has 0 aliphatic carbocycles. The predicted molar refractivity (Wildman–Crippen MR) is 73.6 cm³/mol. The molecule has 1 heterocycles. The molecule has 0 radical (unpaired) electrons. The highest BCUT2D eigenvalue weighted by Crippen LogP contribution is 2.19. The zero-order chi connectivity index (χ0) is 13.9. The summed E-state index contributed by atoms with van der Waals surface area (Å²) in [5.74, 6) is 0.715. The summed E-state index contributed by atoms with van der Waals surface area (Å²) in [4.78, 5) is 13.6. The van der Waals surface area contributed by atoms with Gasteiger partial charge in [0.05, 0.1) is 12.7 Å². The van der Waals surface area contributed by atoms with Gasteiger partial charge in [-0.05, 0) is 31.2 Å². The number of amides is 1. The van der Waals surface area contributed by atoms with Crippen molar-refractivity contribution in [2.24, 2.45) is 0 Å². The number of rotatable bonds is 5. The second kappa shape index (κ2) is 5.59. The zero-order valence-electron chi connectivity index (χ0n) is 11.6. The van der Waals surface area contributed by atoms with Crippen LogP contribution in [0.2, 0.25) is 0 Å². The zero-order valence-corrected chi connectivity index (χ0v) is 11.6. The summed E-state index contributed by atoms with van der Waals surface area (Å²) in [6.07, 6.45) is 0. The molecule has 19 heavy (non-hydrogen) atoms. The normalized spacial score (nSPS) is 16.6. The molecule has 104 valence electrons. The minimum Gasteiger partial charge on any atom is -0.497 e. The molecule has 2 rings (SSSR count). The lowest BCUT2D eigenvalue weighted by atomic mass is 10.0. The quantitative estimate of drug-likeness (QED) is 0.863. The molecular formula is C14H20N2O3. The van der Waals surface area contributed by atoms with E-state index in [1.165, 1.54) is 0 Å². The number of carbonyl (C=O) groups excluding carboxylic acids is 1. The molecule has 5 heteroatoms. The molecule has 0 saturated carbocycles. The minimum absolute atomic E-state index is 0.0571. The molecule has 0 aromatic heterocycles. The van der Waals surface area contributed by atoms with E-state index in [1.54, 1.807) is 19.1 Å². The Morgan fingerprint density at radius 2 is 2.00 bits per heavy atom. The van der Waals surface area contributed by atoms with Gasteiger partial charge in [-0.1, -0.05) is 0 Å². The Morgan fingerprint density at radius 3 is 2.47 bits per heavy atom. The maximum Gasteiger partial charge on any atom is 0.252 e. The van der Waals surface area contributed by atoms with E-state index in [0.717, 1.165) is 24.5 Å². The molecule has 1 aliphatic heterocycles. The summed E-state index contributed by atoms with van der Waals surface area (Å²) in [6.45, 7) is 3.70. The Bertz CT molecular complexity index is 441. The fourth-order valence-corrected chi connectivity index (χ4v) is 1.86. The van der Waals surface area contributed by atoms with Gasteiger partial charge in [-0.25, -0.2) is 0 Å². The first-order valence-electron chi connectivity index (χ1n) is 6.29. The first-order chi connectivity index (χ1) is 9.04. The Labute approximate surface area is 113 Å². The van der Waals surface area contributed by atoms with Crippen molar-refractivity contribution in [3.8, 4) is 5.75 Å². The average Bonchev–Trinajstić information content (AvgIpc) is 2.42. The number of carbonyl (C=O) groups is 1. The van der Waals surface area contributed by atoms with Crippen molar-refractivity contribution >= 4 is 11.6 Å². The molecule has 0 spiro atoms. The number of methoxy groups -OCH3 is 1. The average molecular weight is 264 g/mol. The van der Waals surface area contributed by atoms with Crippen LogP contribution in [0.1, 0.15) is 6.92 Å².